The summed E-state index contributed by atoms with van der Waals surface area (Å²) in [6, 6.07) is 32.0. The lowest BCUT2D eigenvalue weighted by Crippen LogP contribution is -2.34. The highest BCUT2D eigenvalue weighted by Crippen LogP contribution is 2.46. The Hall–Kier alpha value is -6.26. The molecule has 0 radical (unpaired) electrons. The number of hydrogen-bond acceptors (Lipinski definition) is 3. The molecule has 4 heteroatoms. The first-order valence-corrected chi connectivity index (χ1v) is 21.3. The van der Waals surface area contributed by atoms with Crippen LogP contribution in [-0.4, -0.2) is 19.6 Å². The summed E-state index contributed by atoms with van der Waals surface area (Å²) in [6.07, 6.45) is 1.44. The molecule has 63 heavy (non-hydrogen) atoms. The molecule has 8 aromatic rings. The molecule has 0 amide bonds. The minimum atomic E-state index is -3.80. The van der Waals surface area contributed by atoms with E-state index in [1.54, 1.807) is 6.07 Å². The third-order valence-corrected chi connectivity index (χ3v) is 12.7. The van der Waals surface area contributed by atoms with E-state index in [1.807, 2.05) is 74.5 Å². The highest BCUT2D eigenvalue weighted by molar-refractivity contribution is 5.98. The van der Waals surface area contributed by atoms with Crippen molar-refractivity contribution in [1.82, 2.24) is 14.5 Å². The molecule has 8 rings (SSSR count). The van der Waals surface area contributed by atoms with Crippen molar-refractivity contribution in [3.05, 3.63) is 167 Å². The Bertz CT molecular complexity index is 3510. The third-order valence-electron chi connectivity index (χ3n) is 12.7. The summed E-state index contributed by atoms with van der Waals surface area (Å²) in [5, 5.41) is 11.9. The second-order valence-corrected chi connectivity index (χ2v) is 19.4. The number of phenols is 1. The summed E-state index contributed by atoms with van der Waals surface area (Å²) < 4.78 is 113. The van der Waals surface area contributed by atoms with E-state index in [2.05, 4.69) is 96.4 Å². The van der Waals surface area contributed by atoms with E-state index in [-0.39, 0.29) is 27.7 Å². The fraction of sp³-hybridized carbons (Fsp3) is 0.288. The summed E-state index contributed by atoms with van der Waals surface area (Å²) >= 11 is 0. The van der Waals surface area contributed by atoms with E-state index >= 15 is 0 Å². The van der Waals surface area contributed by atoms with Gasteiger partial charge in [0.1, 0.15) is 11.6 Å². The standard InChI is InChI=1S/C59H63N3O/c1-37-30-38(2)54(63)49(31-37)55-61-53-47(20-17-21-52(53)62(55)51-27-26-45(59(12,13)58(9,10)11)36-48(51)40-18-15-14-16-19-40)42-32-43(34-46(33-42)57(6,7)8)50-35-41(28-29-60-50)39-22-24-44(25-23-39)56(3,4)5/h14-36,63H,1-13H3/i3D3,4D3,5D3,22D,23D,24D,25D. The third kappa shape index (κ3) is 8.24. The molecule has 2 aromatic heterocycles. The highest BCUT2D eigenvalue weighted by Gasteiger charge is 2.35. The van der Waals surface area contributed by atoms with Crippen LogP contribution in [0, 0.1) is 19.3 Å². The number of para-hydroxylation sites is 1. The van der Waals surface area contributed by atoms with Crippen LogP contribution in [0.2, 0.25) is 0 Å². The summed E-state index contributed by atoms with van der Waals surface area (Å²) in [4.78, 5) is 10.2. The van der Waals surface area contributed by atoms with Gasteiger partial charge in [0.25, 0.3) is 0 Å². The molecule has 0 atom stereocenters. The summed E-state index contributed by atoms with van der Waals surface area (Å²) in [5.74, 6) is 0.647. The maximum atomic E-state index is 11.9. The van der Waals surface area contributed by atoms with Crippen LogP contribution in [0.3, 0.4) is 0 Å². The molecule has 320 valence electrons. The Morgan fingerprint density at radius 3 is 1.97 bits per heavy atom. The van der Waals surface area contributed by atoms with Crippen molar-refractivity contribution in [3.63, 3.8) is 0 Å². The molecular formula is C59H63N3O. The van der Waals surface area contributed by atoms with E-state index < -0.39 is 61.1 Å². The van der Waals surface area contributed by atoms with Gasteiger partial charge in [0.2, 0.25) is 0 Å². The van der Waals surface area contributed by atoms with Crippen LogP contribution in [0.1, 0.15) is 122 Å². The number of aromatic hydroxyl groups is 1. The number of pyridine rings is 1. The number of hydrogen-bond donors (Lipinski definition) is 1. The van der Waals surface area contributed by atoms with E-state index in [9.17, 15) is 5.11 Å². The first-order valence-electron chi connectivity index (χ1n) is 27.8. The lowest BCUT2D eigenvalue weighted by Gasteiger charge is -2.40. The average Bonchev–Trinajstić information content (AvgIpc) is 3.72. The molecule has 0 unspecified atom stereocenters. The average molecular weight is 843 g/mol. The Balaban J connectivity index is 1.39. The molecule has 4 nitrogen and oxygen atoms in total. The molecular weight excluding hydrogens is 767 g/mol. The van der Waals surface area contributed by atoms with Crippen LogP contribution in [0.25, 0.3) is 72.7 Å². The first kappa shape index (κ1) is 29.9. The maximum absolute atomic E-state index is 11.9. The maximum Gasteiger partial charge on any atom is 0.149 e. The molecule has 1 N–H and O–H groups in total. The van der Waals surface area contributed by atoms with E-state index in [0.717, 1.165) is 44.6 Å². The van der Waals surface area contributed by atoms with Crippen molar-refractivity contribution < 1.29 is 22.9 Å². The molecule has 6 aromatic carbocycles. The number of fused-ring (bicyclic) bond motifs is 1. The van der Waals surface area contributed by atoms with Crippen molar-refractivity contribution in [2.24, 2.45) is 5.41 Å². The Morgan fingerprint density at radius 1 is 0.571 bits per heavy atom. The fourth-order valence-corrected chi connectivity index (χ4v) is 8.04. The summed E-state index contributed by atoms with van der Waals surface area (Å²) in [6.45, 7) is 9.95. The molecule has 0 aliphatic heterocycles. The molecule has 0 fully saturated rings. The quantitative estimate of drug-likeness (QED) is 0.174. The molecule has 0 aliphatic rings. The van der Waals surface area contributed by atoms with Crippen LogP contribution >= 0.6 is 0 Å². The number of aryl methyl sites for hydroxylation is 2. The van der Waals surface area contributed by atoms with Gasteiger partial charge in [0.15, 0.2) is 0 Å². The number of phenolic OH excluding ortho intramolecular Hbond substituents is 1. The van der Waals surface area contributed by atoms with Crippen molar-refractivity contribution in [2.45, 2.75) is 106 Å². The molecule has 0 saturated carbocycles. The Labute approximate surface area is 394 Å². The van der Waals surface area contributed by atoms with E-state index in [4.69, 9.17) is 27.8 Å². The zero-order chi connectivity index (χ0) is 56.2. The van der Waals surface area contributed by atoms with Gasteiger partial charge < -0.3 is 5.11 Å². The van der Waals surface area contributed by atoms with Gasteiger partial charge >= 0.3 is 0 Å². The molecule has 0 spiro atoms. The van der Waals surface area contributed by atoms with Gasteiger partial charge in [-0.3, -0.25) is 9.55 Å². The number of aromatic nitrogens is 3. The van der Waals surface area contributed by atoms with Crippen molar-refractivity contribution in [3.8, 4) is 67.5 Å². The van der Waals surface area contributed by atoms with Crippen LogP contribution in [0.15, 0.2) is 140 Å². The highest BCUT2D eigenvalue weighted by atomic mass is 16.3. The Kier molecular flexibility index (Phi) is 7.52. The number of benzene rings is 6. The van der Waals surface area contributed by atoms with Crippen LogP contribution < -0.4 is 0 Å². The van der Waals surface area contributed by atoms with E-state index in [0.29, 0.717) is 33.7 Å². The minimum absolute atomic E-state index is 0.0768. The van der Waals surface area contributed by atoms with Crippen LogP contribution in [0.5, 0.6) is 5.75 Å². The smallest absolute Gasteiger partial charge is 0.149 e. The van der Waals surface area contributed by atoms with Crippen LogP contribution in [0.4, 0.5) is 0 Å². The van der Waals surface area contributed by atoms with Gasteiger partial charge in [-0.15, -0.1) is 0 Å². The lowest BCUT2D eigenvalue weighted by molar-refractivity contribution is 0.225. The topological polar surface area (TPSA) is 50.9 Å². The molecule has 0 bridgehead atoms. The normalized spacial score (nSPS) is 16.2. The second kappa shape index (κ2) is 15.8. The molecule has 2 heterocycles. The van der Waals surface area contributed by atoms with Gasteiger partial charge in [0.05, 0.1) is 33.5 Å². The number of nitrogens with zero attached hydrogens (tertiary/aromatic N) is 3. The second-order valence-electron chi connectivity index (χ2n) is 19.4. The lowest BCUT2D eigenvalue weighted by atomic mass is 9.65. The van der Waals surface area contributed by atoms with Gasteiger partial charge in [-0.2, -0.15) is 0 Å². The Morgan fingerprint density at radius 2 is 1.29 bits per heavy atom. The van der Waals surface area contributed by atoms with Gasteiger partial charge in [-0.05, 0) is 134 Å². The summed E-state index contributed by atoms with van der Waals surface area (Å²) in [5.41, 5.74) is 5.27. The largest absolute Gasteiger partial charge is 0.507 e. The number of rotatable bonds is 7. The van der Waals surface area contributed by atoms with Crippen molar-refractivity contribution in [2.75, 3.05) is 0 Å². The predicted molar refractivity (Wildman–Crippen MR) is 267 cm³/mol. The van der Waals surface area contributed by atoms with Crippen molar-refractivity contribution >= 4 is 11.0 Å². The van der Waals surface area contributed by atoms with Gasteiger partial charge in [0, 0.05) is 35.2 Å². The monoisotopic (exact) mass is 843 g/mol. The van der Waals surface area contributed by atoms with Gasteiger partial charge in [-0.25, -0.2) is 4.98 Å². The van der Waals surface area contributed by atoms with Crippen molar-refractivity contribution in [1.29, 1.82) is 0 Å². The zero-order valence-corrected chi connectivity index (χ0v) is 37.8. The SMILES string of the molecule is [2H]c1c([2H])c(C(C([2H])([2H])[2H])(C([2H])([2H])[2H])C([2H])([2H])[2H])c([2H])c([2H])c1-c1ccnc(-c2cc(-c3cccc4c3nc(-c3cc(C)cc(C)c3O)n4-c3ccc(C(C)(C)C(C)(C)C)cc3-c3ccccc3)cc(C(C)(C)C)c2)c1. The first-order chi connectivity index (χ1) is 35.0. The molecule has 0 aliphatic carbocycles. The predicted octanol–water partition coefficient (Wildman–Crippen LogP) is 16.0. The number of imidazole rings is 1. The van der Waals surface area contributed by atoms with Crippen LogP contribution in [-0.2, 0) is 16.2 Å². The molecule has 0 saturated heterocycles. The zero-order valence-electron chi connectivity index (χ0n) is 50.8. The summed E-state index contributed by atoms with van der Waals surface area (Å²) in [7, 11) is 0. The van der Waals surface area contributed by atoms with E-state index in [1.165, 1.54) is 17.8 Å². The fourth-order valence-electron chi connectivity index (χ4n) is 8.04. The minimum Gasteiger partial charge on any atom is -0.507 e. The van der Waals surface area contributed by atoms with Gasteiger partial charge in [-0.1, -0.05) is 161 Å².